The molecule has 0 bridgehead atoms. The average Bonchev–Trinajstić information content (AvgIpc) is 2.61. The van der Waals surface area contributed by atoms with Gasteiger partial charge in [0.25, 0.3) is 5.91 Å². The fourth-order valence-electron chi connectivity index (χ4n) is 2.46. The first-order valence-electron chi connectivity index (χ1n) is 7.94. The summed E-state index contributed by atoms with van der Waals surface area (Å²) in [5.41, 5.74) is 1.90. The van der Waals surface area contributed by atoms with E-state index in [1.165, 1.54) is 5.56 Å². The van der Waals surface area contributed by atoms with Gasteiger partial charge in [-0.2, -0.15) is 0 Å². The predicted molar refractivity (Wildman–Crippen MR) is 94.7 cm³/mol. The molecule has 2 aromatic rings. The van der Waals surface area contributed by atoms with Crippen LogP contribution in [0.4, 0.5) is 5.69 Å². The Bertz CT molecular complexity index is 674. The summed E-state index contributed by atoms with van der Waals surface area (Å²) in [6.45, 7) is 2.72. The van der Waals surface area contributed by atoms with E-state index in [-0.39, 0.29) is 11.9 Å². The van der Waals surface area contributed by atoms with Crippen LogP contribution < -0.4 is 19.7 Å². The number of carbonyl (C=O) groups excluding carboxylic acids is 1. The zero-order chi connectivity index (χ0) is 17.5. The van der Waals surface area contributed by atoms with Gasteiger partial charge in [0.1, 0.15) is 6.54 Å². The molecule has 0 aromatic heterocycles. The number of methoxy groups -OCH3 is 2. The summed E-state index contributed by atoms with van der Waals surface area (Å²) >= 11 is 0. The highest BCUT2D eigenvalue weighted by Gasteiger charge is 2.22. The van der Waals surface area contributed by atoms with Crippen LogP contribution in [0.3, 0.4) is 0 Å². The lowest BCUT2D eigenvalue weighted by atomic mass is 10.2. The zero-order valence-corrected chi connectivity index (χ0v) is 14.6. The molecular weight excluding hydrogens is 304 g/mol. The van der Waals surface area contributed by atoms with Gasteiger partial charge in [-0.15, -0.1) is 0 Å². The molecule has 0 spiro atoms. The van der Waals surface area contributed by atoms with Crippen LogP contribution in [0.5, 0.6) is 11.5 Å². The minimum atomic E-state index is -0.182. The normalized spacial score (nSPS) is 13.0. The van der Waals surface area contributed by atoms with Crippen molar-refractivity contribution in [3.8, 4) is 11.5 Å². The van der Waals surface area contributed by atoms with E-state index < -0.39 is 0 Å². The highest BCUT2D eigenvalue weighted by Crippen LogP contribution is 2.29. The summed E-state index contributed by atoms with van der Waals surface area (Å²) in [6.07, 6.45) is 0. The molecule has 1 amide bonds. The molecule has 0 saturated heterocycles. The highest BCUT2D eigenvalue weighted by molar-refractivity contribution is 5.93. The van der Waals surface area contributed by atoms with Crippen molar-refractivity contribution < 1.29 is 19.2 Å². The molecule has 5 nitrogen and oxygen atoms in total. The van der Waals surface area contributed by atoms with Crippen molar-refractivity contribution >= 4 is 11.6 Å². The Morgan fingerprint density at radius 2 is 1.75 bits per heavy atom. The molecule has 2 rings (SSSR count). The van der Waals surface area contributed by atoms with Crippen molar-refractivity contribution in [2.75, 3.05) is 26.6 Å². The fourth-order valence-corrected chi connectivity index (χ4v) is 2.46. The van der Waals surface area contributed by atoms with Gasteiger partial charge in [0.2, 0.25) is 0 Å². The summed E-state index contributed by atoms with van der Waals surface area (Å²) < 4.78 is 10.5. The molecule has 1 unspecified atom stereocenters. The lowest BCUT2D eigenvalue weighted by Gasteiger charge is -2.21. The number of hydrogen-bond donors (Lipinski definition) is 2. The van der Waals surface area contributed by atoms with Gasteiger partial charge in [-0.25, -0.2) is 0 Å². The number of nitrogens with one attached hydrogen (secondary N) is 2. The maximum absolute atomic E-state index is 12.5. The Balaban J connectivity index is 2.00. The Kier molecular flexibility index (Phi) is 6.21. The van der Waals surface area contributed by atoms with Crippen LogP contribution in [-0.4, -0.2) is 33.2 Å². The second-order valence-corrected chi connectivity index (χ2v) is 5.79. The third kappa shape index (κ3) is 4.49. The van der Waals surface area contributed by atoms with Crippen LogP contribution in [0.1, 0.15) is 12.5 Å². The quantitative estimate of drug-likeness (QED) is 0.814. The van der Waals surface area contributed by atoms with Crippen molar-refractivity contribution in [1.29, 1.82) is 0 Å². The number of ether oxygens (including phenoxy) is 2. The first kappa shape index (κ1) is 17.8. The molecule has 24 heavy (non-hydrogen) atoms. The van der Waals surface area contributed by atoms with Crippen molar-refractivity contribution in [3.63, 3.8) is 0 Å². The van der Waals surface area contributed by atoms with Crippen molar-refractivity contribution in [3.05, 3.63) is 54.1 Å². The van der Waals surface area contributed by atoms with Gasteiger partial charge >= 0.3 is 0 Å². The molecule has 0 aliphatic rings. The second kappa shape index (κ2) is 8.36. The van der Waals surface area contributed by atoms with E-state index in [1.807, 2.05) is 32.2 Å². The number of benzene rings is 2. The summed E-state index contributed by atoms with van der Waals surface area (Å²) in [5, 5.41) is 2.94. The Hall–Kier alpha value is -2.53. The van der Waals surface area contributed by atoms with E-state index in [0.29, 0.717) is 17.2 Å². The number of amides is 1. The molecular formula is C19H25N2O3+. The summed E-state index contributed by atoms with van der Waals surface area (Å²) in [4.78, 5) is 13.6. The molecule has 128 valence electrons. The van der Waals surface area contributed by atoms with Crippen molar-refractivity contribution in [2.24, 2.45) is 0 Å². The molecule has 2 atom stereocenters. The number of carbonyl (C=O) groups is 1. The van der Waals surface area contributed by atoms with Gasteiger partial charge in [0.15, 0.2) is 17.5 Å². The van der Waals surface area contributed by atoms with E-state index in [2.05, 4.69) is 17.4 Å². The molecule has 0 aliphatic heterocycles. The number of rotatable bonds is 7. The average molecular weight is 329 g/mol. The molecule has 0 radical (unpaired) electrons. The number of anilines is 1. The SMILES string of the molecule is COc1ccc(NC(=O)[C@@H](C)[NH+](C)Cc2ccccc2)cc1OC. The molecule has 0 saturated carbocycles. The van der Waals surface area contributed by atoms with Gasteiger partial charge in [-0.1, -0.05) is 30.3 Å². The fraction of sp³-hybridized carbons (Fsp3) is 0.316. The van der Waals surface area contributed by atoms with Gasteiger partial charge in [-0.3, -0.25) is 4.79 Å². The molecule has 0 fully saturated rings. The first-order chi connectivity index (χ1) is 11.5. The standard InChI is InChI=1S/C19H24N2O3/c1-14(21(2)13-15-8-6-5-7-9-15)19(22)20-16-10-11-17(23-3)18(12-16)24-4/h5-12,14H,13H2,1-4H3,(H,20,22)/p+1/t14-/m1/s1. The Labute approximate surface area is 143 Å². The summed E-state index contributed by atoms with van der Waals surface area (Å²) in [7, 11) is 5.18. The monoisotopic (exact) mass is 329 g/mol. The number of quaternary nitrogens is 1. The maximum Gasteiger partial charge on any atom is 0.282 e. The lowest BCUT2D eigenvalue weighted by Crippen LogP contribution is -3.12. The Morgan fingerprint density at radius 3 is 2.38 bits per heavy atom. The van der Waals surface area contributed by atoms with E-state index in [4.69, 9.17) is 9.47 Å². The van der Waals surface area contributed by atoms with E-state index >= 15 is 0 Å². The topological polar surface area (TPSA) is 52.0 Å². The maximum atomic E-state index is 12.5. The van der Waals surface area contributed by atoms with Crippen LogP contribution in [-0.2, 0) is 11.3 Å². The Morgan fingerprint density at radius 1 is 1.08 bits per heavy atom. The molecule has 2 aromatic carbocycles. The second-order valence-electron chi connectivity index (χ2n) is 5.79. The van der Waals surface area contributed by atoms with Gasteiger partial charge < -0.3 is 19.7 Å². The minimum Gasteiger partial charge on any atom is -0.493 e. The van der Waals surface area contributed by atoms with Gasteiger partial charge in [-0.05, 0) is 19.1 Å². The zero-order valence-electron chi connectivity index (χ0n) is 14.6. The van der Waals surface area contributed by atoms with Gasteiger partial charge in [0.05, 0.1) is 21.3 Å². The van der Waals surface area contributed by atoms with E-state index in [0.717, 1.165) is 11.4 Å². The summed E-state index contributed by atoms with van der Waals surface area (Å²) in [6, 6.07) is 15.3. The van der Waals surface area contributed by atoms with Crippen LogP contribution in [0.2, 0.25) is 0 Å². The molecule has 5 heteroatoms. The smallest absolute Gasteiger partial charge is 0.282 e. The number of likely N-dealkylation sites (N-methyl/N-ethyl adjacent to an activating group) is 1. The summed E-state index contributed by atoms with van der Waals surface area (Å²) in [5.74, 6) is 1.19. The van der Waals surface area contributed by atoms with Gasteiger partial charge in [0, 0.05) is 17.3 Å². The molecule has 0 aliphatic carbocycles. The number of hydrogen-bond acceptors (Lipinski definition) is 3. The lowest BCUT2D eigenvalue weighted by molar-refractivity contribution is -0.907. The third-order valence-electron chi connectivity index (χ3n) is 4.11. The van der Waals surface area contributed by atoms with E-state index in [1.54, 1.807) is 32.4 Å². The van der Waals surface area contributed by atoms with E-state index in [9.17, 15) is 4.79 Å². The third-order valence-corrected chi connectivity index (χ3v) is 4.11. The van der Waals surface area contributed by atoms with Crippen LogP contribution in [0.25, 0.3) is 0 Å². The van der Waals surface area contributed by atoms with Crippen LogP contribution >= 0.6 is 0 Å². The molecule has 2 N–H and O–H groups in total. The van der Waals surface area contributed by atoms with Crippen molar-refractivity contribution in [2.45, 2.75) is 19.5 Å². The molecule has 0 heterocycles. The van der Waals surface area contributed by atoms with Crippen LogP contribution in [0, 0.1) is 0 Å². The first-order valence-corrected chi connectivity index (χ1v) is 7.94. The van der Waals surface area contributed by atoms with Crippen LogP contribution in [0.15, 0.2) is 48.5 Å². The highest BCUT2D eigenvalue weighted by atomic mass is 16.5. The minimum absolute atomic E-state index is 0.0318. The predicted octanol–water partition coefficient (Wildman–Crippen LogP) is 1.75. The van der Waals surface area contributed by atoms with Crippen molar-refractivity contribution in [1.82, 2.24) is 0 Å². The largest absolute Gasteiger partial charge is 0.493 e.